The number of nitrogens with zero attached hydrogens (tertiary/aromatic N) is 3. The van der Waals surface area contributed by atoms with Crippen LogP contribution < -0.4 is 0 Å². The molecule has 5 nitrogen and oxygen atoms in total. The topological polar surface area (TPSA) is 65.8 Å². The van der Waals surface area contributed by atoms with E-state index in [1.165, 1.54) is 6.20 Å². The largest absolute Gasteiger partial charge is 0.411 e. The summed E-state index contributed by atoms with van der Waals surface area (Å²) >= 11 is 5.99. The number of likely N-dealkylation sites (tertiary alicyclic amines) is 1. The van der Waals surface area contributed by atoms with Crippen molar-refractivity contribution >= 4 is 23.2 Å². The highest BCUT2D eigenvalue weighted by molar-refractivity contribution is 6.33. The number of pyridine rings is 1. The third-order valence-electron chi connectivity index (χ3n) is 3.46. The Morgan fingerprint density at radius 3 is 3.11 bits per heavy atom. The van der Waals surface area contributed by atoms with Gasteiger partial charge in [-0.2, -0.15) is 0 Å². The van der Waals surface area contributed by atoms with Crippen molar-refractivity contribution < 1.29 is 10.0 Å². The Kier molecular flexibility index (Phi) is 4.37. The molecule has 19 heavy (non-hydrogen) atoms. The Hall–Kier alpha value is -1.62. The van der Waals surface area contributed by atoms with E-state index in [0.717, 1.165) is 12.1 Å². The Morgan fingerprint density at radius 1 is 1.68 bits per heavy atom. The van der Waals surface area contributed by atoms with E-state index >= 15 is 0 Å². The van der Waals surface area contributed by atoms with Gasteiger partial charge in [0.25, 0.3) is 5.91 Å². The van der Waals surface area contributed by atoms with Crippen LogP contribution in [0.25, 0.3) is 0 Å². The van der Waals surface area contributed by atoms with Gasteiger partial charge in [0.1, 0.15) is 0 Å². The zero-order chi connectivity index (χ0) is 13.8. The fourth-order valence-corrected chi connectivity index (χ4v) is 2.52. The molecule has 1 unspecified atom stereocenters. The molecule has 0 aromatic carbocycles. The summed E-state index contributed by atoms with van der Waals surface area (Å²) in [4.78, 5) is 18.0. The van der Waals surface area contributed by atoms with Crippen LogP contribution in [0, 0.1) is 5.92 Å². The first kappa shape index (κ1) is 13.8. The standard InChI is InChI=1S/C13H16ClN3O2/c1-2-9-8-17(6-4-12(9)16-19)13(18)10-3-5-15-7-11(10)14/h3,5,7,9,19H,2,4,6,8H2,1H3/b16-12+. The highest BCUT2D eigenvalue weighted by atomic mass is 35.5. The molecule has 102 valence electrons. The molecular weight excluding hydrogens is 266 g/mol. The van der Waals surface area contributed by atoms with E-state index in [1.54, 1.807) is 17.2 Å². The summed E-state index contributed by atoms with van der Waals surface area (Å²) in [5.74, 6) is 0.0196. The lowest BCUT2D eigenvalue weighted by molar-refractivity contribution is 0.0729. The number of halogens is 1. The third kappa shape index (κ3) is 2.87. The summed E-state index contributed by atoms with van der Waals surface area (Å²) in [6.45, 7) is 3.13. The van der Waals surface area contributed by atoms with Crippen molar-refractivity contribution in [1.29, 1.82) is 0 Å². The van der Waals surface area contributed by atoms with Gasteiger partial charge in [0, 0.05) is 37.8 Å². The van der Waals surface area contributed by atoms with Gasteiger partial charge in [-0.1, -0.05) is 23.7 Å². The highest BCUT2D eigenvalue weighted by Crippen LogP contribution is 2.22. The van der Waals surface area contributed by atoms with Crippen molar-refractivity contribution in [3.05, 3.63) is 29.0 Å². The van der Waals surface area contributed by atoms with Crippen LogP contribution in [-0.4, -0.2) is 39.8 Å². The van der Waals surface area contributed by atoms with E-state index < -0.39 is 0 Å². The average Bonchev–Trinajstić information content (AvgIpc) is 2.46. The number of hydrogen-bond donors (Lipinski definition) is 1. The van der Waals surface area contributed by atoms with Crippen LogP contribution in [0.1, 0.15) is 30.1 Å². The molecule has 6 heteroatoms. The zero-order valence-electron chi connectivity index (χ0n) is 10.7. The molecule has 1 aromatic rings. The summed E-state index contributed by atoms with van der Waals surface area (Å²) in [6.07, 6.45) is 4.47. The van der Waals surface area contributed by atoms with Gasteiger partial charge in [0.15, 0.2) is 0 Å². The van der Waals surface area contributed by atoms with E-state index in [0.29, 0.717) is 30.1 Å². The summed E-state index contributed by atoms with van der Waals surface area (Å²) in [5, 5.41) is 12.6. The number of hydrogen-bond acceptors (Lipinski definition) is 4. The summed E-state index contributed by atoms with van der Waals surface area (Å²) in [7, 11) is 0. The summed E-state index contributed by atoms with van der Waals surface area (Å²) in [6, 6.07) is 1.63. The fourth-order valence-electron chi connectivity index (χ4n) is 2.32. The molecule has 1 aliphatic heterocycles. The molecule has 0 aliphatic carbocycles. The predicted molar refractivity (Wildman–Crippen MR) is 72.8 cm³/mol. The predicted octanol–water partition coefficient (Wildman–Crippen LogP) is 2.44. The normalized spacial score (nSPS) is 21.7. The molecule has 1 amide bonds. The second kappa shape index (κ2) is 6.02. The maximum atomic E-state index is 12.4. The quantitative estimate of drug-likeness (QED) is 0.669. The van der Waals surface area contributed by atoms with E-state index in [9.17, 15) is 4.79 Å². The number of piperidine rings is 1. The van der Waals surface area contributed by atoms with Crippen LogP contribution in [0.5, 0.6) is 0 Å². The molecular formula is C13H16ClN3O2. The average molecular weight is 282 g/mol. The first-order chi connectivity index (χ1) is 9.17. The number of oxime groups is 1. The second-order valence-corrected chi connectivity index (χ2v) is 4.96. The van der Waals surface area contributed by atoms with Gasteiger partial charge in [-0.25, -0.2) is 0 Å². The van der Waals surface area contributed by atoms with Crippen molar-refractivity contribution in [2.45, 2.75) is 19.8 Å². The van der Waals surface area contributed by atoms with Crippen molar-refractivity contribution in [2.75, 3.05) is 13.1 Å². The molecule has 0 radical (unpaired) electrons. The van der Waals surface area contributed by atoms with Crippen LogP contribution >= 0.6 is 11.6 Å². The fraction of sp³-hybridized carbons (Fsp3) is 0.462. The third-order valence-corrected chi connectivity index (χ3v) is 3.76. The van der Waals surface area contributed by atoms with E-state index in [2.05, 4.69) is 10.1 Å². The number of amides is 1. The van der Waals surface area contributed by atoms with Gasteiger partial charge < -0.3 is 10.1 Å². The van der Waals surface area contributed by atoms with Gasteiger partial charge >= 0.3 is 0 Å². The Morgan fingerprint density at radius 2 is 2.47 bits per heavy atom. The van der Waals surface area contributed by atoms with Gasteiger partial charge in [0.2, 0.25) is 0 Å². The maximum Gasteiger partial charge on any atom is 0.255 e. The second-order valence-electron chi connectivity index (χ2n) is 4.55. The van der Waals surface area contributed by atoms with Crippen LogP contribution in [0.15, 0.2) is 23.6 Å². The first-order valence-electron chi connectivity index (χ1n) is 6.27. The lowest BCUT2D eigenvalue weighted by Gasteiger charge is -2.33. The van der Waals surface area contributed by atoms with E-state index in [4.69, 9.17) is 16.8 Å². The zero-order valence-corrected chi connectivity index (χ0v) is 11.5. The molecule has 0 bridgehead atoms. The number of carbonyl (C=O) groups excluding carboxylic acids is 1. The van der Waals surface area contributed by atoms with Crippen molar-refractivity contribution in [1.82, 2.24) is 9.88 Å². The van der Waals surface area contributed by atoms with Gasteiger partial charge in [0.05, 0.1) is 16.3 Å². The lowest BCUT2D eigenvalue weighted by Crippen LogP contribution is -2.44. The molecule has 1 N–H and O–H groups in total. The molecule has 0 saturated carbocycles. The number of rotatable bonds is 2. The van der Waals surface area contributed by atoms with Crippen molar-refractivity contribution in [3.63, 3.8) is 0 Å². The van der Waals surface area contributed by atoms with E-state index in [-0.39, 0.29) is 11.8 Å². The lowest BCUT2D eigenvalue weighted by atomic mass is 9.93. The summed E-state index contributed by atoms with van der Waals surface area (Å²) < 4.78 is 0. The number of carbonyl (C=O) groups is 1. The Balaban J connectivity index is 2.16. The first-order valence-corrected chi connectivity index (χ1v) is 6.64. The van der Waals surface area contributed by atoms with Crippen molar-refractivity contribution in [3.8, 4) is 0 Å². The van der Waals surface area contributed by atoms with Crippen LogP contribution in [0.2, 0.25) is 5.02 Å². The molecule has 1 aliphatic rings. The van der Waals surface area contributed by atoms with Crippen LogP contribution in [0.4, 0.5) is 0 Å². The molecule has 2 heterocycles. The Labute approximate surface area is 116 Å². The van der Waals surface area contributed by atoms with Gasteiger partial charge in [-0.3, -0.25) is 9.78 Å². The highest BCUT2D eigenvalue weighted by Gasteiger charge is 2.28. The minimum Gasteiger partial charge on any atom is -0.411 e. The molecule has 1 saturated heterocycles. The molecule has 1 fully saturated rings. The molecule has 0 spiro atoms. The summed E-state index contributed by atoms with van der Waals surface area (Å²) in [5.41, 5.74) is 1.24. The monoisotopic (exact) mass is 281 g/mol. The van der Waals surface area contributed by atoms with E-state index in [1.807, 2.05) is 6.92 Å². The molecule has 1 aromatic heterocycles. The smallest absolute Gasteiger partial charge is 0.255 e. The van der Waals surface area contributed by atoms with Crippen molar-refractivity contribution in [2.24, 2.45) is 11.1 Å². The maximum absolute atomic E-state index is 12.4. The Bertz CT molecular complexity index is 504. The SMILES string of the molecule is CCC1CN(C(=O)c2ccncc2Cl)CC/C1=N\O. The number of aromatic nitrogens is 1. The van der Waals surface area contributed by atoms with Crippen LogP contribution in [0.3, 0.4) is 0 Å². The molecule has 2 rings (SSSR count). The van der Waals surface area contributed by atoms with Gasteiger partial charge in [-0.15, -0.1) is 0 Å². The molecule has 1 atom stereocenters. The van der Waals surface area contributed by atoms with Gasteiger partial charge in [-0.05, 0) is 12.5 Å². The van der Waals surface area contributed by atoms with Crippen LogP contribution in [-0.2, 0) is 0 Å². The minimum absolute atomic E-state index is 0.0946. The minimum atomic E-state index is -0.0946.